The number of thiophene rings is 1. The Bertz CT molecular complexity index is 865. The normalized spacial score (nSPS) is 10.3. The molecule has 1 aromatic heterocycles. The van der Waals surface area contributed by atoms with Crippen molar-refractivity contribution in [3.63, 3.8) is 0 Å². The minimum atomic E-state index is -0.668. The molecular weight excluding hydrogens is 392 g/mol. The minimum absolute atomic E-state index is 0.0384. The van der Waals surface area contributed by atoms with Gasteiger partial charge in [-0.3, -0.25) is 9.59 Å². The third kappa shape index (κ3) is 4.99. The molecule has 9 heteroatoms. The Hall–Kier alpha value is -2.58. The Kier molecular flexibility index (Phi) is 7.20. The fraction of sp³-hybridized carbons (Fsp3) is 0.278. The average Bonchev–Trinajstić information content (AvgIpc) is 2.97. The van der Waals surface area contributed by atoms with Crippen molar-refractivity contribution < 1.29 is 23.9 Å². The first-order valence-electron chi connectivity index (χ1n) is 8.08. The number of hydrogen-bond acceptors (Lipinski definition) is 7. The molecule has 0 radical (unpaired) electrons. The predicted octanol–water partition coefficient (Wildman–Crippen LogP) is 2.81. The standard InChI is InChI=1S/C18H19ClN2O5S/c1-3-25-18(24)14-11(15(17(23)21-2)27-16(14)20)9-26-13(22)8-10-6-4-5-7-12(10)19/h4-7H,3,8-9,20H2,1-2H3,(H,21,23). The van der Waals surface area contributed by atoms with Gasteiger partial charge in [0, 0.05) is 17.6 Å². The topological polar surface area (TPSA) is 108 Å². The summed E-state index contributed by atoms with van der Waals surface area (Å²) in [4.78, 5) is 36.7. The molecule has 144 valence electrons. The second kappa shape index (κ2) is 9.38. The zero-order valence-electron chi connectivity index (χ0n) is 14.8. The Morgan fingerprint density at radius 2 is 1.93 bits per heavy atom. The number of carbonyl (C=O) groups excluding carboxylic acids is 3. The Morgan fingerprint density at radius 3 is 2.56 bits per heavy atom. The Morgan fingerprint density at radius 1 is 1.22 bits per heavy atom. The van der Waals surface area contributed by atoms with Crippen LogP contribution in [-0.2, 0) is 27.3 Å². The van der Waals surface area contributed by atoms with Crippen molar-refractivity contribution in [3.8, 4) is 0 Å². The van der Waals surface area contributed by atoms with Crippen molar-refractivity contribution in [1.29, 1.82) is 0 Å². The summed E-state index contributed by atoms with van der Waals surface area (Å²) in [5.74, 6) is -1.65. The van der Waals surface area contributed by atoms with Crippen molar-refractivity contribution in [2.75, 3.05) is 19.4 Å². The number of anilines is 1. The summed E-state index contributed by atoms with van der Waals surface area (Å²) in [7, 11) is 1.45. The van der Waals surface area contributed by atoms with Gasteiger partial charge in [0.15, 0.2) is 0 Å². The summed E-state index contributed by atoms with van der Waals surface area (Å²) in [5.41, 5.74) is 6.78. The summed E-state index contributed by atoms with van der Waals surface area (Å²) in [6.07, 6.45) is -0.0384. The van der Waals surface area contributed by atoms with E-state index in [9.17, 15) is 14.4 Å². The van der Waals surface area contributed by atoms with Crippen LogP contribution in [0.3, 0.4) is 0 Å². The molecule has 0 saturated heterocycles. The number of halogens is 1. The molecule has 3 N–H and O–H groups in total. The van der Waals surface area contributed by atoms with Gasteiger partial charge in [0.2, 0.25) is 0 Å². The lowest BCUT2D eigenvalue weighted by atomic mass is 10.1. The quantitative estimate of drug-likeness (QED) is 0.679. The van der Waals surface area contributed by atoms with Gasteiger partial charge in [0.25, 0.3) is 5.91 Å². The number of nitrogens with one attached hydrogen (secondary N) is 1. The molecule has 2 rings (SSSR count). The molecule has 2 aromatic rings. The average molecular weight is 411 g/mol. The van der Waals surface area contributed by atoms with Gasteiger partial charge in [-0.2, -0.15) is 0 Å². The lowest BCUT2D eigenvalue weighted by Gasteiger charge is -2.09. The van der Waals surface area contributed by atoms with E-state index < -0.39 is 17.8 Å². The maximum absolute atomic E-state index is 12.2. The molecule has 0 aliphatic rings. The van der Waals surface area contributed by atoms with Gasteiger partial charge in [-0.25, -0.2) is 4.79 Å². The highest BCUT2D eigenvalue weighted by molar-refractivity contribution is 7.18. The molecule has 7 nitrogen and oxygen atoms in total. The molecule has 0 saturated carbocycles. The maximum atomic E-state index is 12.2. The second-order valence-electron chi connectivity index (χ2n) is 5.38. The zero-order chi connectivity index (χ0) is 20.0. The van der Waals surface area contributed by atoms with Crippen LogP contribution in [0.5, 0.6) is 0 Å². The van der Waals surface area contributed by atoms with E-state index in [1.807, 2.05) is 0 Å². The van der Waals surface area contributed by atoms with Crippen LogP contribution < -0.4 is 11.1 Å². The monoisotopic (exact) mass is 410 g/mol. The molecule has 0 unspecified atom stereocenters. The van der Waals surface area contributed by atoms with Crippen LogP contribution in [0, 0.1) is 0 Å². The highest BCUT2D eigenvalue weighted by Gasteiger charge is 2.27. The van der Waals surface area contributed by atoms with Crippen molar-refractivity contribution in [1.82, 2.24) is 5.32 Å². The fourth-order valence-electron chi connectivity index (χ4n) is 2.35. The molecule has 1 aromatic carbocycles. The molecule has 0 atom stereocenters. The van der Waals surface area contributed by atoms with E-state index in [0.29, 0.717) is 10.6 Å². The van der Waals surface area contributed by atoms with Crippen LogP contribution in [0.15, 0.2) is 24.3 Å². The molecule has 0 spiro atoms. The van der Waals surface area contributed by atoms with Crippen LogP contribution in [0.1, 0.15) is 38.1 Å². The van der Waals surface area contributed by atoms with Gasteiger partial charge in [-0.1, -0.05) is 29.8 Å². The number of nitrogen functional groups attached to an aromatic ring is 1. The van der Waals surface area contributed by atoms with E-state index >= 15 is 0 Å². The van der Waals surface area contributed by atoms with E-state index in [0.717, 1.165) is 11.3 Å². The third-order valence-electron chi connectivity index (χ3n) is 3.62. The molecule has 27 heavy (non-hydrogen) atoms. The first-order chi connectivity index (χ1) is 12.9. The summed E-state index contributed by atoms with van der Waals surface area (Å²) >= 11 is 6.98. The number of esters is 2. The smallest absolute Gasteiger partial charge is 0.341 e. The van der Waals surface area contributed by atoms with Crippen LogP contribution in [0.2, 0.25) is 5.02 Å². The SMILES string of the molecule is CCOC(=O)c1c(N)sc(C(=O)NC)c1COC(=O)Cc1ccccc1Cl. The predicted molar refractivity (Wildman–Crippen MR) is 103 cm³/mol. The first kappa shape index (κ1) is 20.7. The molecular formula is C18H19ClN2O5S. The first-order valence-corrected chi connectivity index (χ1v) is 9.27. The summed E-state index contributed by atoms with van der Waals surface area (Å²) in [6, 6.07) is 6.90. The van der Waals surface area contributed by atoms with Crippen LogP contribution in [0.25, 0.3) is 0 Å². The lowest BCUT2D eigenvalue weighted by molar-refractivity contribution is -0.144. The van der Waals surface area contributed by atoms with Gasteiger partial charge in [-0.05, 0) is 18.6 Å². The van der Waals surface area contributed by atoms with E-state index in [1.54, 1.807) is 31.2 Å². The van der Waals surface area contributed by atoms with Gasteiger partial charge < -0.3 is 20.5 Å². The number of benzene rings is 1. The van der Waals surface area contributed by atoms with Crippen LogP contribution in [0.4, 0.5) is 5.00 Å². The van der Waals surface area contributed by atoms with Crippen molar-refractivity contribution in [2.24, 2.45) is 0 Å². The number of ether oxygens (including phenoxy) is 2. The molecule has 1 heterocycles. The molecule has 0 fully saturated rings. The molecule has 0 bridgehead atoms. The summed E-state index contributed by atoms with van der Waals surface area (Å²) < 4.78 is 10.3. The number of nitrogens with two attached hydrogens (primary N) is 1. The third-order valence-corrected chi connectivity index (χ3v) is 5.05. The van der Waals surface area contributed by atoms with Crippen LogP contribution >= 0.6 is 22.9 Å². The Labute approximate surface area is 165 Å². The van der Waals surface area contributed by atoms with Gasteiger partial charge in [0.05, 0.1) is 13.0 Å². The molecule has 0 aliphatic carbocycles. The number of carbonyl (C=O) groups is 3. The van der Waals surface area contributed by atoms with Gasteiger partial charge in [0.1, 0.15) is 22.0 Å². The summed E-state index contributed by atoms with van der Waals surface area (Å²) in [6.45, 7) is 1.52. The maximum Gasteiger partial charge on any atom is 0.341 e. The van der Waals surface area contributed by atoms with E-state index in [2.05, 4.69) is 5.32 Å². The van der Waals surface area contributed by atoms with Crippen LogP contribution in [-0.4, -0.2) is 31.5 Å². The lowest BCUT2D eigenvalue weighted by Crippen LogP contribution is -2.20. The van der Waals surface area contributed by atoms with Crippen molar-refractivity contribution in [3.05, 3.63) is 50.9 Å². The fourth-order valence-corrected chi connectivity index (χ4v) is 3.56. The van der Waals surface area contributed by atoms with Gasteiger partial charge in [-0.15, -0.1) is 11.3 Å². The highest BCUT2D eigenvalue weighted by atomic mass is 35.5. The van der Waals surface area contributed by atoms with E-state index in [-0.39, 0.29) is 40.6 Å². The molecule has 1 amide bonds. The molecule has 0 aliphatic heterocycles. The van der Waals surface area contributed by atoms with Gasteiger partial charge >= 0.3 is 11.9 Å². The Balaban J connectivity index is 2.23. The van der Waals surface area contributed by atoms with E-state index in [1.165, 1.54) is 7.05 Å². The summed E-state index contributed by atoms with van der Waals surface area (Å²) in [5, 5.41) is 3.05. The van der Waals surface area contributed by atoms with E-state index in [4.69, 9.17) is 26.8 Å². The minimum Gasteiger partial charge on any atom is -0.462 e. The zero-order valence-corrected chi connectivity index (χ0v) is 16.4. The largest absolute Gasteiger partial charge is 0.462 e. The highest BCUT2D eigenvalue weighted by Crippen LogP contribution is 2.32. The van der Waals surface area contributed by atoms with Crippen molar-refractivity contribution >= 4 is 45.8 Å². The second-order valence-corrected chi connectivity index (χ2v) is 6.84. The number of amides is 1. The number of hydrogen-bond donors (Lipinski definition) is 2. The number of rotatable bonds is 7. The van der Waals surface area contributed by atoms with Crippen molar-refractivity contribution in [2.45, 2.75) is 20.0 Å².